The number of amides is 1. The van der Waals surface area contributed by atoms with Crippen molar-refractivity contribution in [3.8, 4) is 0 Å². The SMILES string of the molecule is CCCC(=O)Nc1ccc(B2OC(C)(C)C(C)(C)O2)cc1C(C)(C)C. The van der Waals surface area contributed by atoms with Gasteiger partial charge in [-0.25, -0.2) is 0 Å². The Hall–Kier alpha value is -1.33. The molecule has 1 heterocycles. The van der Waals surface area contributed by atoms with Crippen LogP contribution in [0.4, 0.5) is 5.69 Å². The smallest absolute Gasteiger partial charge is 0.399 e. The molecule has 0 bridgehead atoms. The maximum Gasteiger partial charge on any atom is 0.494 e. The summed E-state index contributed by atoms with van der Waals surface area (Å²) in [6.07, 6.45) is 1.37. The van der Waals surface area contributed by atoms with E-state index in [1.807, 2.05) is 19.1 Å². The summed E-state index contributed by atoms with van der Waals surface area (Å²) in [5, 5.41) is 3.05. The lowest BCUT2D eigenvalue weighted by Gasteiger charge is -2.32. The van der Waals surface area contributed by atoms with Gasteiger partial charge < -0.3 is 14.6 Å². The summed E-state index contributed by atoms with van der Waals surface area (Å²) < 4.78 is 12.3. The van der Waals surface area contributed by atoms with Crippen molar-refractivity contribution < 1.29 is 14.1 Å². The maximum atomic E-state index is 12.0. The van der Waals surface area contributed by atoms with Gasteiger partial charge >= 0.3 is 7.12 Å². The summed E-state index contributed by atoms with van der Waals surface area (Å²) in [5.74, 6) is 0.0522. The Labute approximate surface area is 152 Å². The monoisotopic (exact) mass is 345 g/mol. The fraction of sp³-hybridized carbons (Fsp3) is 0.650. The van der Waals surface area contributed by atoms with Crippen molar-refractivity contribution in [2.24, 2.45) is 0 Å². The molecule has 1 saturated heterocycles. The van der Waals surface area contributed by atoms with Crippen molar-refractivity contribution in [2.75, 3.05) is 5.32 Å². The normalized spacial score (nSPS) is 19.1. The molecule has 138 valence electrons. The number of carbonyl (C=O) groups excluding carboxylic acids is 1. The van der Waals surface area contributed by atoms with Crippen LogP contribution in [0.2, 0.25) is 0 Å². The molecule has 4 nitrogen and oxygen atoms in total. The van der Waals surface area contributed by atoms with E-state index in [0.29, 0.717) is 6.42 Å². The third kappa shape index (κ3) is 4.26. The van der Waals surface area contributed by atoms with Crippen LogP contribution in [0, 0.1) is 0 Å². The third-order valence-electron chi connectivity index (χ3n) is 5.13. The molecule has 1 aromatic rings. The molecular formula is C20H32BNO3. The number of carbonyl (C=O) groups is 1. The Balaban J connectivity index is 2.35. The Morgan fingerprint density at radius 2 is 1.68 bits per heavy atom. The minimum absolute atomic E-state index is 0.0522. The number of benzene rings is 1. The molecule has 0 radical (unpaired) electrons. The average molecular weight is 345 g/mol. The summed E-state index contributed by atoms with van der Waals surface area (Å²) in [5.41, 5.74) is 2.10. The van der Waals surface area contributed by atoms with Crippen molar-refractivity contribution >= 4 is 24.2 Å². The predicted octanol–water partition coefficient (Wildman–Crippen LogP) is 4.02. The molecule has 1 fully saturated rings. The molecule has 5 heteroatoms. The number of hydrogen-bond acceptors (Lipinski definition) is 3. The standard InChI is InChI=1S/C20H32BNO3/c1-9-10-17(23)22-16-12-11-14(13-15(16)18(2,3)4)21-24-19(5,6)20(7,8)25-21/h11-13H,9-10H2,1-8H3,(H,22,23). The van der Waals surface area contributed by atoms with Crippen molar-refractivity contribution in [1.82, 2.24) is 0 Å². The van der Waals surface area contributed by atoms with Gasteiger partial charge in [0.25, 0.3) is 0 Å². The average Bonchev–Trinajstić information content (AvgIpc) is 2.67. The summed E-state index contributed by atoms with van der Waals surface area (Å²) in [6, 6.07) is 6.05. The topological polar surface area (TPSA) is 47.6 Å². The van der Waals surface area contributed by atoms with E-state index in [4.69, 9.17) is 9.31 Å². The third-order valence-corrected chi connectivity index (χ3v) is 5.13. The van der Waals surface area contributed by atoms with E-state index in [1.165, 1.54) is 0 Å². The zero-order valence-corrected chi connectivity index (χ0v) is 16.9. The minimum Gasteiger partial charge on any atom is -0.399 e. The van der Waals surface area contributed by atoms with Crippen molar-refractivity contribution in [3.05, 3.63) is 23.8 Å². The van der Waals surface area contributed by atoms with Gasteiger partial charge in [0.1, 0.15) is 0 Å². The second-order valence-corrected chi connectivity index (χ2v) is 8.94. The van der Waals surface area contributed by atoms with E-state index >= 15 is 0 Å². The number of hydrogen-bond donors (Lipinski definition) is 1. The minimum atomic E-state index is -0.397. The highest BCUT2D eigenvalue weighted by molar-refractivity contribution is 6.62. The second-order valence-electron chi connectivity index (χ2n) is 8.94. The zero-order chi connectivity index (χ0) is 19.0. The van der Waals surface area contributed by atoms with Crippen LogP contribution < -0.4 is 10.8 Å². The van der Waals surface area contributed by atoms with Crippen molar-refractivity contribution in [2.45, 2.75) is 84.8 Å². The van der Waals surface area contributed by atoms with Gasteiger partial charge in [-0.3, -0.25) is 4.79 Å². The number of nitrogens with one attached hydrogen (secondary N) is 1. The van der Waals surface area contributed by atoms with E-state index in [-0.39, 0.29) is 22.5 Å². The van der Waals surface area contributed by atoms with Crippen LogP contribution >= 0.6 is 0 Å². The first kappa shape index (κ1) is 20.0. The van der Waals surface area contributed by atoms with E-state index in [1.54, 1.807) is 0 Å². The summed E-state index contributed by atoms with van der Waals surface area (Å²) >= 11 is 0. The first-order valence-electron chi connectivity index (χ1n) is 9.17. The maximum absolute atomic E-state index is 12.0. The summed E-state index contributed by atoms with van der Waals surface area (Å²) in [4.78, 5) is 12.0. The van der Waals surface area contributed by atoms with Gasteiger partial charge in [0.2, 0.25) is 5.91 Å². The molecule has 25 heavy (non-hydrogen) atoms. The van der Waals surface area contributed by atoms with E-state index in [9.17, 15) is 4.79 Å². The van der Waals surface area contributed by atoms with Gasteiger partial charge in [-0.2, -0.15) is 0 Å². The van der Waals surface area contributed by atoms with Gasteiger partial charge in [0.15, 0.2) is 0 Å². The molecule has 1 aromatic carbocycles. The van der Waals surface area contributed by atoms with Crippen LogP contribution in [0.3, 0.4) is 0 Å². The summed E-state index contributed by atoms with van der Waals surface area (Å²) in [6.45, 7) is 16.6. The van der Waals surface area contributed by atoms with Gasteiger partial charge in [-0.05, 0) is 56.6 Å². The van der Waals surface area contributed by atoms with Crippen LogP contribution in [0.1, 0.15) is 73.8 Å². The number of anilines is 1. The molecule has 1 amide bonds. The Morgan fingerprint density at radius 3 is 2.16 bits per heavy atom. The van der Waals surface area contributed by atoms with Crippen LogP contribution in [0.5, 0.6) is 0 Å². The van der Waals surface area contributed by atoms with Gasteiger partial charge in [0.05, 0.1) is 11.2 Å². The molecular weight excluding hydrogens is 313 g/mol. The first-order valence-corrected chi connectivity index (χ1v) is 9.17. The molecule has 1 aliphatic heterocycles. The molecule has 0 aliphatic carbocycles. The molecule has 1 aliphatic rings. The molecule has 0 spiro atoms. The van der Waals surface area contributed by atoms with E-state index in [0.717, 1.165) is 23.1 Å². The first-order chi connectivity index (χ1) is 11.4. The van der Waals surface area contributed by atoms with E-state index < -0.39 is 7.12 Å². The largest absolute Gasteiger partial charge is 0.494 e. The predicted molar refractivity (Wildman–Crippen MR) is 104 cm³/mol. The van der Waals surface area contributed by atoms with Crippen molar-refractivity contribution in [3.63, 3.8) is 0 Å². The van der Waals surface area contributed by atoms with Gasteiger partial charge in [-0.1, -0.05) is 39.8 Å². The van der Waals surface area contributed by atoms with Crippen LogP contribution in [-0.2, 0) is 19.5 Å². The lowest BCUT2D eigenvalue weighted by Crippen LogP contribution is -2.41. The zero-order valence-electron chi connectivity index (χ0n) is 16.9. The van der Waals surface area contributed by atoms with Crippen LogP contribution in [0.25, 0.3) is 0 Å². The molecule has 2 rings (SSSR count). The molecule has 1 N–H and O–H groups in total. The van der Waals surface area contributed by atoms with Crippen LogP contribution in [0.15, 0.2) is 18.2 Å². The Bertz CT molecular complexity index is 631. The molecule has 0 atom stereocenters. The fourth-order valence-corrected chi connectivity index (χ4v) is 2.86. The highest BCUT2D eigenvalue weighted by Gasteiger charge is 2.51. The lowest BCUT2D eigenvalue weighted by molar-refractivity contribution is -0.116. The van der Waals surface area contributed by atoms with Gasteiger partial charge in [0, 0.05) is 12.1 Å². The Kier molecular flexibility index (Phi) is 5.41. The van der Waals surface area contributed by atoms with Crippen molar-refractivity contribution in [1.29, 1.82) is 0 Å². The molecule has 0 saturated carbocycles. The second kappa shape index (κ2) is 6.77. The fourth-order valence-electron chi connectivity index (χ4n) is 2.86. The summed E-state index contributed by atoms with van der Waals surface area (Å²) in [7, 11) is -0.397. The highest BCUT2D eigenvalue weighted by Crippen LogP contribution is 2.37. The van der Waals surface area contributed by atoms with Gasteiger partial charge in [-0.15, -0.1) is 0 Å². The Morgan fingerprint density at radius 1 is 1.12 bits per heavy atom. The lowest BCUT2D eigenvalue weighted by atomic mass is 9.75. The van der Waals surface area contributed by atoms with Crippen LogP contribution in [-0.4, -0.2) is 24.2 Å². The quantitative estimate of drug-likeness (QED) is 0.839. The van der Waals surface area contributed by atoms with E-state index in [2.05, 4.69) is 59.8 Å². The number of rotatable bonds is 4. The molecule has 0 aromatic heterocycles. The molecule has 0 unspecified atom stereocenters. The highest BCUT2D eigenvalue weighted by atomic mass is 16.7.